The number of nitrogens with one attached hydrogen (secondary N) is 1. The van der Waals surface area contributed by atoms with Crippen molar-refractivity contribution >= 4 is 49.6 Å². The number of anilines is 1. The molecule has 2 N–H and O–H groups in total. The van der Waals surface area contributed by atoms with Crippen molar-refractivity contribution in [1.29, 1.82) is 0 Å². The third kappa shape index (κ3) is 3.37. The molecule has 0 saturated heterocycles. The second-order valence-electron chi connectivity index (χ2n) is 6.13. The zero-order chi connectivity index (χ0) is 19.0. The minimum atomic E-state index is -1.06. The lowest BCUT2D eigenvalue weighted by atomic mass is 10.0. The zero-order valence-corrected chi connectivity index (χ0v) is 16.0. The number of aromatic carboxylic acids is 1. The molecule has 0 spiro atoms. The van der Waals surface area contributed by atoms with E-state index in [1.54, 1.807) is 5.38 Å². The number of carboxylic acid groups (broad SMARTS) is 1. The molecule has 0 unspecified atom stereocenters. The van der Waals surface area contributed by atoms with Gasteiger partial charge in [-0.1, -0.05) is 48.0 Å². The van der Waals surface area contributed by atoms with E-state index in [-0.39, 0.29) is 11.5 Å². The van der Waals surface area contributed by atoms with Crippen LogP contribution in [0.1, 0.15) is 25.6 Å². The molecule has 6 heteroatoms. The van der Waals surface area contributed by atoms with Crippen molar-refractivity contribution < 1.29 is 14.7 Å². The molecular weight excluding hydrogens is 378 g/mol. The minimum absolute atomic E-state index is 0.123. The molecule has 0 aliphatic carbocycles. The number of carbonyl (C=O) groups excluding carboxylic acids is 1. The van der Waals surface area contributed by atoms with Gasteiger partial charge in [-0.2, -0.15) is 0 Å². The molecule has 0 atom stereocenters. The van der Waals surface area contributed by atoms with Gasteiger partial charge in [0.2, 0.25) is 0 Å². The maximum Gasteiger partial charge on any atom is 0.339 e. The molecule has 0 fully saturated rings. The Hall–Kier alpha value is -2.96. The topological polar surface area (TPSA) is 66.4 Å². The maximum absolute atomic E-state index is 12.7. The van der Waals surface area contributed by atoms with Gasteiger partial charge in [-0.05, 0) is 30.0 Å². The first-order valence-electron chi connectivity index (χ1n) is 8.24. The molecule has 4 rings (SSSR count). The van der Waals surface area contributed by atoms with Gasteiger partial charge >= 0.3 is 5.97 Å². The summed E-state index contributed by atoms with van der Waals surface area (Å²) in [6.07, 6.45) is 0. The van der Waals surface area contributed by atoms with Gasteiger partial charge in [0.25, 0.3) is 5.91 Å². The standard InChI is InChI=1S/C21H15NO3S2/c1-12-6-8-13(9-7-12)15-11-26-20(18(15)21(24)25)22-19(23)17-10-14-4-2-3-5-16(14)27-17/h2-11H,1H3,(H,22,23)(H,24,25). The maximum atomic E-state index is 12.7. The second-order valence-corrected chi connectivity index (χ2v) is 8.09. The van der Waals surface area contributed by atoms with E-state index in [2.05, 4.69) is 5.32 Å². The Morgan fingerprint density at radius 1 is 1.04 bits per heavy atom. The highest BCUT2D eigenvalue weighted by Crippen LogP contribution is 2.36. The largest absolute Gasteiger partial charge is 0.478 e. The average Bonchev–Trinajstić information content (AvgIpc) is 3.26. The SMILES string of the molecule is Cc1ccc(-c2csc(NC(=O)c3cc4ccccc4s3)c2C(=O)O)cc1. The molecule has 4 aromatic rings. The first-order chi connectivity index (χ1) is 13.0. The van der Waals surface area contributed by atoms with Crippen molar-refractivity contribution in [2.75, 3.05) is 5.32 Å². The molecule has 4 nitrogen and oxygen atoms in total. The first-order valence-corrected chi connectivity index (χ1v) is 9.94. The number of thiophene rings is 2. The van der Waals surface area contributed by atoms with Gasteiger partial charge < -0.3 is 10.4 Å². The molecular formula is C21H15NO3S2. The number of aryl methyl sites for hydroxylation is 1. The number of amides is 1. The third-order valence-corrected chi connectivity index (χ3v) is 6.25. The first kappa shape index (κ1) is 17.5. The molecule has 0 bridgehead atoms. The van der Waals surface area contributed by atoms with Crippen LogP contribution in [0, 0.1) is 6.92 Å². The van der Waals surface area contributed by atoms with Crippen LogP contribution in [0.25, 0.3) is 21.2 Å². The Kier molecular flexibility index (Phi) is 4.51. The van der Waals surface area contributed by atoms with Crippen molar-refractivity contribution in [2.24, 2.45) is 0 Å². The molecule has 2 aromatic heterocycles. The van der Waals surface area contributed by atoms with Gasteiger partial charge in [-0.25, -0.2) is 4.79 Å². The summed E-state index contributed by atoms with van der Waals surface area (Å²) < 4.78 is 1.02. The van der Waals surface area contributed by atoms with Gasteiger partial charge in [0.05, 0.1) is 4.88 Å². The summed E-state index contributed by atoms with van der Waals surface area (Å²) in [5, 5.41) is 15.6. The van der Waals surface area contributed by atoms with Crippen molar-refractivity contribution in [1.82, 2.24) is 0 Å². The molecule has 2 heterocycles. The summed E-state index contributed by atoms with van der Waals surface area (Å²) in [4.78, 5) is 25.1. The molecule has 2 aromatic carbocycles. The smallest absolute Gasteiger partial charge is 0.339 e. The number of carboxylic acids is 1. The van der Waals surface area contributed by atoms with E-state index in [1.165, 1.54) is 22.7 Å². The number of hydrogen-bond acceptors (Lipinski definition) is 4. The van der Waals surface area contributed by atoms with E-state index in [4.69, 9.17) is 0 Å². The fourth-order valence-corrected chi connectivity index (χ4v) is 4.78. The van der Waals surface area contributed by atoms with Gasteiger partial charge in [0.15, 0.2) is 0 Å². The number of benzene rings is 2. The van der Waals surface area contributed by atoms with Crippen molar-refractivity contribution in [3.05, 3.63) is 76.0 Å². The number of rotatable bonds is 4. The van der Waals surface area contributed by atoms with Crippen molar-refractivity contribution in [2.45, 2.75) is 6.92 Å². The summed E-state index contributed by atoms with van der Waals surface area (Å²) in [6, 6.07) is 17.2. The average molecular weight is 393 g/mol. The molecule has 0 aliphatic heterocycles. The molecule has 27 heavy (non-hydrogen) atoms. The van der Waals surface area contributed by atoms with E-state index in [0.29, 0.717) is 15.4 Å². The van der Waals surface area contributed by atoms with Gasteiger partial charge in [-0.3, -0.25) is 4.79 Å². The van der Waals surface area contributed by atoms with E-state index in [9.17, 15) is 14.7 Å². The number of hydrogen-bond donors (Lipinski definition) is 2. The Morgan fingerprint density at radius 3 is 2.48 bits per heavy atom. The van der Waals surface area contributed by atoms with Crippen LogP contribution in [0.15, 0.2) is 60.0 Å². The third-order valence-electron chi connectivity index (χ3n) is 4.24. The Labute approximate surface area is 163 Å². The lowest BCUT2D eigenvalue weighted by Gasteiger charge is -2.05. The van der Waals surface area contributed by atoms with Crippen LogP contribution in [0.5, 0.6) is 0 Å². The predicted octanol–water partition coefficient (Wildman–Crippen LogP) is 5.89. The quantitative estimate of drug-likeness (QED) is 0.454. The van der Waals surface area contributed by atoms with E-state index >= 15 is 0 Å². The molecule has 134 valence electrons. The second kappa shape index (κ2) is 6.98. The highest BCUT2D eigenvalue weighted by atomic mass is 32.1. The fraction of sp³-hybridized carbons (Fsp3) is 0.0476. The van der Waals surface area contributed by atoms with Crippen LogP contribution in [0.3, 0.4) is 0 Å². The van der Waals surface area contributed by atoms with Crippen LogP contribution in [-0.2, 0) is 0 Å². The zero-order valence-electron chi connectivity index (χ0n) is 14.4. The lowest BCUT2D eigenvalue weighted by Crippen LogP contribution is -2.12. The summed E-state index contributed by atoms with van der Waals surface area (Å²) in [7, 11) is 0. The highest BCUT2D eigenvalue weighted by Gasteiger charge is 2.22. The van der Waals surface area contributed by atoms with Crippen LogP contribution >= 0.6 is 22.7 Å². The van der Waals surface area contributed by atoms with Crippen LogP contribution in [0.2, 0.25) is 0 Å². The van der Waals surface area contributed by atoms with Gasteiger partial charge in [0.1, 0.15) is 10.6 Å². The Balaban J connectivity index is 1.68. The summed E-state index contributed by atoms with van der Waals surface area (Å²) in [6.45, 7) is 1.98. The Morgan fingerprint density at radius 2 is 1.78 bits per heavy atom. The lowest BCUT2D eigenvalue weighted by molar-refractivity contribution is 0.0699. The minimum Gasteiger partial charge on any atom is -0.478 e. The summed E-state index contributed by atoms with van der Waals surface area (Å²) >= 11 is 2.61. The van der Waals surface area contributed by atoms with E-state index in [1.807, 2.05) is 61.5 Å². The predicted molar refractivity (Wildman–Crippen MR) is 111 cm³/mol. The Bertz CT molecular complexity index is 1120. The molecule has 0 aliphatic rings. The van der Waals surface area contributed by atoms with Crippen LogP contribution in [-0.4, -0.2) is 17.0 Å². The normalized spacial score (nSPS) is 10.9. The van der Waals surface area contributed by atoms with Crippen LogP contribution in [0.4, 0.5) is 5.00 Å². The van der Waals surface area contributed by atoms with Crippen molar-refractivity contribution in [3.63, 3.8) is 0 Å². The highest BCUT2D eigenvalue weighted by molar-refractivity contribution is 7.21. The van der Waals surface area contributed by atoms with Gasteiger partial charge in [0, 0.05) is 15.6 Å². The monoisotopic (exact) mass is 393 g/mol. The molecule has 0 radical (unpaired) electrons. The number of carbonyl (C=O) groups is 2. The molecule has 0 saturated carbocycles. The molecule has 1 amide bonds. The van der Waals surface area contributed by atoms with Crippen molar-refractivity contribution in [3.8, 4) is 11.1 Å². The van der Waals surface area contributed by atoms with E-state index < -0.39 is 5.97 Å². The fourth-order valence-electron chi connectivity index (χ4n) is 2.87. The van der Waals surface area contributed by atoms with Crippen LogP contribution < -0.4 is 5.32 Å². The number of fused-ring (bicyclic) bond motifs is 1. The van der Waals surface area contributed by atoms with E-state index in [0.717, 1.165) is 21.2 Å². The summed E-state index contributed by atoms with van der Waals surface area (Å²) in [5.41, 5.74) is 2.65. The summed E-state index contributed by atoms with van der Waals surface area (Å²) in [5.74, 6) is -1.35. The van der Waals surface area contributed by atoms with Gasteiger partial charge in [-0.15, -0.1) is 22.7 Å².